The van der Waals surface area contributed by atoms with E-state index < -0.39 is 0 Å². The predicted octanol–water partition coefficient (Wildman–Crippen LogP) is 2.74. The van der Waals surface area contributed by atoms with Crippen molar-refractivity contribution in [1.29, 1.82) is 0 Å². The van der Waals surface area contributed by atoms with Crippen LogP contribution in [0.25, 0.3) is 0 Å². The molecule has 7 heteroatoms. The van der Waals surface area contributed by atoms with Gasteiger partial charge in [-0.1, -0.05) is 0 Å². The van der Waals surface area contributed by atoms with E-state index in [1.54, 1.807) is 47.3 Å². The zero-order valence-corrected chi connectivity index (χ0v) is 13.0. The molecule has 0 atom stereocenters. The number of hydrogen-bond acceptors (Lipinski definition) is 4. The van der Waals surface area contributed by atoms with Gasteiger partial charge in [-0.25, -0.2) is 0 Å². The molecule has 0 saturated carbocycles. The second kappa shape index (κ2) is 6.82. The van der Waals surface area contributed by atoms with Gasteiger partial charge in [0.05, 0.1) is 6.54 Å². The van der Waals surface area contributed by atoms with Gasteiger partial charge in [-0.15, -0.1) is 0 Å². The molecule has 122 valence electrons. The van der Waals surface area contributed by atoms with Crippen molar-refractivity contribution in [3.05, 3.63) is 66.4 Å². The molecule has 0 bridgehead atoms. The Bertz CT molecular complexity index is 835. The molecule has 0 unspecified atom stereocenters. The van der Waals surface area contributed by atoms with Crippen LogP contribution < -0.4 is 10.6 Å². The molecule has 2 N–H and O–H groups in total. The van der Waals surface area contributed by atoms with Gasteiger partial charge in [-0.2, -0.15) is 5.10 Å². The largest absolute Gasteiger partial charge is 0.454 e. The SMILES string of the molecule is CC(=O)Nc1ccc(NC(=O)c2ccc(Cn3cccn3)o2)cc1. The maximum Gasteiger partial charge on any atom is 0.291 e. The van der Waals surface area contributed by atoms with Crippen molar-refractivity contribution >= 4 is 23.2 Å². The highest BCUT2D eigenvalue weighted by Crippen LogP contribution is 2.16. The molecule has 0 aliphatic rings. The van der Waals surface area contributed by atoms with Crippen molar-refractivity contribution in [1.82, 2.24) is 9.78 Å². The van der Waals surface area contributed by atoms with E-state index in [9.17, 15) is 9.59 Å². The van der Waals surface area contributed by atoms with Crippen LogP contribution >= 0.6 is 0 Å². The second-order valence-electron chi connectivity index (χ2n) is 5.18. The molecule has 3 rings (SSSR count). The number of carbonyl (C=O) groups is 2. The summed E-state index contributed by atoms with van der Waals surface area (Å²) in [5, 5.41) is 9.49. The summed E-state index contributed by atoms with van der Waals surface area (Å²) in [5.41, 5.74) is 1.28. The maximum absolute atomic E-state index is 12.2. The first kappa shape index (κ1) is 15.5. The van der Waals surface area contributed by atoms with Crippen LogP contribution in [0.1, 0.15) is 23.2 Å². The lowest BCUT2D eigenvalue weighted by molar-refractivity contribution is -0.114. The highest BCUT2D eigenvalue weighted by molar-refractivity contribution is 6.02. The number of rotatable bonds is 5. The second-order valence-corrected chi connectivity index (χ2v) is 5.18. The maximum atomic E-state index is 12.2. The Morgan fingerprint density at radius 1 is 1.08 bits per heavy atom. The predicted molar refractivity (Wildman–Crippen MR) is 88.7 cm³/mol. The van der Waals surface area contributed by atoms with Gasteiger partial charge in [0.25, 0.3) is 5.91 Å². The van der Waals surface area contributed by atoms with Crippen LogP contribution in [0.15, 0.2) is 59.3 Å². The first-order chi connectivity index (χ1) is 11.6. The van der Waals surface area contributed by atoms with Crippen LogP contribution in [0.2, 0.25) is 0 Å². The lowest BCUT2D eigenvalue weighted by atomic mass is 10.2. The van der Waals surface area contributed by atoms with E-state index in [4.69, 9.17) is 4.42 Å². The third-order valence-electron chi connectivity index (χ3n) is 3.23. The summed E-state index contributed by atoms with van der Waals surface area (Å²) in [6.45, 7) is 1.90. The molecule has 24 heavy (non-hydrogen) atoms. The summed E-state index contributed by atoms with van der Waals surface area (Å²) < 4.78 is 7.25. The molecule has 1 aromatic carbocycles. The van der Waals surface area contributed by atoms with Gasteiger partial charge < -0.3 is 15.1 Å². The zero-order valence-electron chi connectivity index (χ0n) is 13.0. The number of carbonyl (C=O) groups excluding carboxylic acids is 2. The van der Waals surface area contributed by atoms with Crippen molar-refractivity contribution in [2.75, 3.05) is 10.6 Å². The summed E-state index contributed by atoms with van der Waals surface area (Å²) >= 11 is 0. The van der Waals surface area contributed by atoms with E-state index in [0.717, 1.165) is 0 Å². The van der Waals surface area contributed by atoms with Gasteiger partial charge in [0.2, 0.25) is 5.91 Å². The fraction of sp³-hybridized carbons (Fsp3) is 0.118. The van der Waals surface area contributed by atoms with Crippen molar-refractivity contribution < 1.29 is 14.0 Å². The Hall–Kier alpha value is -3.35. The molecule has 0 aliphatic carbocycles. The fourth-order valence-corrected chi connectivity index (χ4v) is 2.17. The molecule has 3 aromatic rings. The van der Waals surface area contributed by atoms with Gasteiger partial charge in [-0.3, -0.25) is 14.3 Å². The zero-order chi connectivity index (χ0) is 16.9. The monoisotopic (exact) mass is 324 g/mol. The quantitative estimate of drug-likeness (QED) is 0.755. The van der Waals surface area contributed by atoms with E-state index in [0.29, 0.717) is 23.7 Å². The number of benzene rings is 1. The third kappa shape index (κ3) is 3.89. The van der Waals surface area contributed by atoms with E-state index in [2.05, 4.69) is 15.7 Å². The molecule has 0 fully saturated rings. The lowest BCUT2D eigenvalue weighted by Gasteiger charge is -2.05. The number of nitrogens with one attached hydrogen (secondary N) is 2. The van der Waals surface area contributed by atoms with Gasteiger partial charge in [0, 0.05) is 30.7 Å². The smallest absolute Gasteiger partial charge is 0.291 e. The normalized spacial score (nSPS) is 10.4. The average Bonchev–Trinajstić information content (AvgIpc) is 3.21. The minimum Gasteiger partial charge on any atom is -0.454 e. The summed E-state index contributed by atoms with van der Waals surface area (Å²) in [7, 11) is 0. The Morgan fingerprint density at radius 3 is 2.42 bits per heavy atom. The number of aromatic nitrogens is 2. The third-order valence-corrected chi connectivity index (χ3v) is 3.23. The van der Waals surface area contributed by atoms with Crippen LogP contribution in [0.3, 0.4) is 0 Å². The average molecular weight is 324 g/mol. The van der Waals surface area contributed by atoms with E-state index >= 15 is 0 Å². The first-order valence-corrected chi connectivity index (χ1v) is 7.35. The molecule has 2 aromatic heterocycles. The molecule has 0 radical (unpaired) electrons. The molecule has 0 spiro atoms. The molecular weight excluding hydrogens is 308 g/mol. The number of anilines is 2. The van der Waals surface area contributed by atoms with Gasteiger partial charge in [0.1, 0.15) is 5.76 Å². The fourth-order valence-electron chi connectivity index (χ4n) is 2.17. The van der Waals surface area contributed by atoms with Gasteiger partial charge >= 0.3 is 0 Å². The number of amides is 2. The minimum absolute atomic E-state index is 0.146. The van der Waals surface area contributed by atoms with Crippen LogP contribution in [0.4, 0.5) is 11.4 Å². The van der Waals surface area contributed by atoms with Crippen molar-refractivity contribution in [3.63, 3.8) is 0 Å². The Morgan fingerprint density at radius 2 is 1.79 bits per heavy atom. The van der Waals surface area contributed by atoms with Gasteiger partial charge in [-0.05, 0) is 42.5 Å². The Labute approximate surface area is 138 Å². The summed E-state index contributed by atoms with van der Waals surface area (Å²) in [5.74, 6) is 0.383. The number of hydrogen-bond donors (Lipinski definition) is 2. The molecule has 0 aliphatic heterocycles. The Kier molecular flexibility index (Phi) is 4.42. The van der Waals surface area contributed by atoms with Crippen LogP contribution in [0, 0.1) is 0 Å². The molecule has 0 saturated heterocycles. The van der Waals surface area contributed by atoms with E-state index in [1.807, 2.05) is 12.3 Å². The highest BCUT2D eigenvalue weighted by Gasteiger charge is 2.12. The topological polar surface area (TPSA) is 89.2 Å². The van der Waals surface area contributed by atoms with E-state index in [-0.39, 0.29) is 17.6 Å². The van der Waals surface area contributed by atoms with Crippen molar-refractivity contribution in [2.45, 2.75) is 13.5 Å². The van der Waals surface area contributed by atoms with Crippen molar-refractivity contribution in [2.24, 2.45) is 0 Å². The standard InChI is InChI=1S/C17H16N4O3/c1-12(22)19-13-3-5-14(6-4-13)20-17(23)16-8-7-15(24-16)11-21-10-2-9-18-21/h2-10H,11H2,1H3,(H,19,22)(H,20,23). The van der Waals surface area contributed by atoms with Crippen LogP contribution in [-0.4, -0.2) is 21.6 Å². The van der Waals surface area contributed by atoms with Crippen molar-refractivity contribution in [3.8, 4) is 0 Å². The highest BCUT2D eigenvalue weighted by atomic mass is 16.4. The molecule has 2 amide bonds. The minimum atomic E-state index is -0.339. The molecule has 2 heterocycles. The summed E-state index contributed by atoms with van der Waals surface area (Å²) in [6, 6.07) is 12.0. The van der Waals surface area contributed by atoms with Gasteiger partial charge in [0.15, 0.2) is 5.76 Å². The lowest BCUT2D eigenvalue weighted by Crippen LogP contribution is -2.11. The van der Waals surface area contributed by atoms with Crippen LogP contribution in [0.5, 0.6) is 0 Å². The number of furan rings is 1. The van der Waals surface area contributed by atoms with E-state index in [1.165, 1.54) is 6.92 Å². The Balaban J connectivity index is 1.62. The summed E-state index contributed by atoms with van der Waals surface area (Å²) in [6.07, 6.45) is 3.50. The summed E-state index contributed by atoms with van der Waals surface area (Å²) in [4.78, 5) is 23.2. The first-order valence-electron chi connectivity index (χ1n) is 7.35. The molecule has 7 nitrogen and oxygen atoms in total. The van der Waals surface area contributed by atoms with Crippen LogP contribution in [-0.2, 0) is 11.3 Å². The number of nitrogens with zero attached hydrogens (tertiary/aromatic N) is 2. The molecular formula is C17H16N4O3.